The molecule has 1 fully saturated rings. The lowest BCUT2D eigenvalue weighted by molar-refractivity contribution is 0.578. The molecule has 0 bridgehead atoms. The Kier molecular flexibility index (Phi) is 3.76. The zero-order valence-corrected chi connectivity index (χ0v) is 11.3. The van der Waals surface area contributed by atoms with Crippen molar-refractivity contribution in [3.63, 3.8) is 0 Å². The Hall–Kier alpha value is -2.17. The fourth-order valence-corrected chi connectivity index (χ4v) is 2.06. The summed E-state index contributed by atoms with van der Waals surface area (Å²) in [5, 5.41) is 7.48. The number of aryl methyl sites for hydroxylation is 2. The van der Waals surface area contributed by atoms with E-state index < -0.39 is 0 Å². The Morgan fingerprint density at radius 3 is 2.95 bits per heavy atom. The molecule has 0 saturated heterocycles. The van der Waals surface area contributed by atoms with E-state index in [4.69, 9.17) is 0 Å². The number of nitrogens with zero attached hydrogens (tertiary/aromatic N) is 3. The van der Waals surface area contributed by atoms with Gasteiger partial charge in [0.25, 0.3) is 5.56 Å². The van der Waals surface area contributed by atoms with Crippen LogP contribution >= 0.6 is 0 Å². The second-order valence-electron chi connectivity index (χ2n) is 5.24. The summed E-state index contributed by atoms with van der Waals surface area (Å²) in [7, 11) is 0. The van der Waals surface area contributed by atoms with E-state index in [1.165, 1.54) is 17.5 Å². The lowest BCUT2D eigenvalue weighted by atomic mass is 10.2. The zero-order chi connectivity index (χ0) is 13.8. The van der Waals surface area contributed by atoms with Crippen LogP contribution in [0.5, 0.6) is 0 Å². The molecule has 0 amide bonds. The van der Waals surface area contributed by atoms with E-state index in [-0.39, 0.29) is 5.56 Å². The lowest BCUT2D eigenvalue weighted by Gasteiger charge is -2.07. The lowest BCUT2D eigenvalue weighted by Crippen LogP contribution is -2.23. The maximum absolute atomic E-state index is 12.0. The molecule has 1 aliphatic rings. The minimum absolute atomic E-state index is 0.0605. The van der Waals surface area contributed by atoms with Crippen molar-refractivity contribution >= 4 is 5.69 Å². The molecule has 0 unspecified atom stereocenters. The van der Waals surface area contributed by atoms with Gasteiger partial charge < -0.3 is 5.32 Å². The fourth-order valence-electron chi connectivity index (χ4n) is 2.06. The van der Waals surface area contributed by atoms with E-state index in [1.54, 1.807) is 18.5 Å². The second kappa shape index (κ2) is 5.86. The third-order valence-electron chi connectivity index (χ3n) is 3.50. The van der Waals surface area contributed by atoms with Crippen LogP contribution in [0.4, 0.5) is 5.69 Å². The zero-order valence-electron chi connectivity index (χ0n) is 11.3. The highest BCUT2D eigenvalue weighted by molar-refractivity contribution is 5.38. The maximum Gasteiger partial charge on any atom is 0.268 e. The van der Waals surface area contributed by atoms with Crippen LogP contribution < -0.4 is 10.9 Å². The Morgan fingerprint density at radius 1 is 1.35 bits per heavy atom. The van der Waals surface area contributed by atoms with Crippen molar-refractivity contribution in [2.75, 3.05) is 11.9 Å². The topological polar surface area (TPSA) is 59.8 Å². The highest BCUT2D eigenvalue weighted by Crippen LogP contribution is 2.28. The van der Waals surface area contributed by atoms with Crippen molar-refractivity contribution < 1.29 is 0 Å². The minimum atomic E-state index is -0.0605. The average Bonchev–Trinajstić information content (AvgIpc) is 3.29. The van der Waals surface area contributed by atoms with E-state index in [1.807, 2.05) is 18.3 Å². The molecule has 2 aromatic heterocycles. The smallest absolute Gasteiger partial charge is 0.268 e. The quantitative estimate of drug-likeness (QED) is 0.868. The summed E-state index contributed by atoms with van der Waals surface area (Å²) in [6, 6.07) is 5.53. The highest BCUT2D eigenvalue weighted by atomic mass is 16.1. The SMILES string of the molecule is O=c1cc(NCC2CC2)cnn1CCc1cccnc1. The standard InChI is InChI=1S/C15H18N4O/c20-15-8-14(17-10-13-3-4-13)11-18-19(15)7-5-12-2-1-6-16-9-12/h1-2,6,8-9,11,13,17H,3-5,7,10H2. The van der Waals surface area contributed by atoms with Crippen LogP contribution in [0.3, 0.4) is 0 Å². The predicted octanol–water partition coefficient (Wildman–Crippen LogP) is 1.70. The Balaban J connectivity index is 1.60. The van der Waals surface area contributed by atoms with Crippen molar-refractivity contribution in [1.82, 2.24) is 14.8 Å². The molecule has 1 N–H and O–H groups in total. The van der Waals surface area contributed by atoms with Crippen molar-refractivity contribution in [1.29, 1.82) is 0 Å². The van der Waals surface area contributed by atoms with Crippen LogP contribution in [0.25, 0.3) is 0 Å². The minimum Gasteiger partial charge on any atom is -0.383 e. The van der Waals surface area contributed by atoms with E-state index in [0.717, 1.165) is 30.1 Å². The molecule has 104 valence electrons. The molecule has 2 aromatic rings. The Bertz CT molecular complexity index is 619. The number of hydrogen-bond acceptors (Lipinski definition) is 4. The summed E-state index contributed by atoms with van der Waals surface area (Å²) < 4.78 is 1.50. The van der Waals surface area contributed by atoms with Gasteiger partial charge in [0, 0.05) is 31.5 Å². The molecule has 0 spiro atoms. The van der Waals surface area contributed by atoms with Gasteiger partial charge in [0.05, 0.1) is 11.9 Å². The summed E-state index contributed by atoms with van der Waals surface area (Å²) in [6.07, 6.45) is 8.64. The molecule has 2 heterocycles. The number of anilines is 1. The van der Waals surface area contributed by atoms with Gasteiger partial charge in [0.15, 0.2) is 0 Å². The molecule has 0 atom stereocenters. The van der Waals surface area contributed by atoms with Gasteiger partial charge in [-0.25, -0.2) is 4.68 Å². The van der Waals surface area contributed by atoms with E-state index >= 15 is 0 Å². The maximum atomic E-state index is 12.0. The third kappa shape index (κ3) is 3.44. The number of hydrogen-bond donors (Lipinski definition) is 1. The first kappa shape index (κ1) is 12.8. The van der Waals surface area contributed by atoms with Crippen molar-refractivity contribution in [2.45, 2.75) is 25.8 Å². The summed E-state index contributed by atoms with van der Waals surface area (Å²) in [4.78, 5) is 16.0. The van der Waals surface area contributed by atoms with Crippen LogP contribution in [0.15, 0.2) is 41.6 Å². The van der Waals surface area contributed by atoms with Gasteiger partial charge in [0.2, 0.25) is 0 Å². The van der Waals surface area contributed by atoms with Crippen molar-refractivity contribution in [3.8, 4) is 0 Å². The van der Waals surface area contributed by atoms with E-state index in [2.05, 4.69) is 15.4 Å². The van der Waals surface area contributed by atoms with Gasteiger partial charge in [-0.15, -0.1) is 0 Å². The molecule has 3 rings (SSSR count). The van der Waals surface area contributed by atoms with Gasteiger partial charge >= 0.3 is 0 Å². The number of pyridine rings is 1. The van der Waals surface area contributed by atoms with Crippen molar-refractivity contribution in [2.24, 2.45) is 5.92 Å². The monoisotopic (exact) mass is 270 g/mol. The first-order valence-corrected chi connectivity index (χ1v) is 7.01. The van der Waals surface area contributed by atoms with Gasteiger partial charge in [-0.1, -0.05) is 6.07 Å². The van der Waals surface area contributed by atoms with Gasteiger partial charge in [0.1, 0.15) is 0 Å². The average molecular weight is 270 g/mol. The predicted molar refractivity (Wildman–Crippen MR) is 77.7 cm³/mol. The third-order valence-corrected chi connectivity index (χ3v) is 3.50. The second-order valence-corrected chi connectivity index (χ2v) is 5.24. The first-order chi connectivity index (χ1) is 9.81. The summed E-state index contributed by atoms with van der Waals surface area (Å²) >= 11 is 0. The van der Waals surface area contributed by atoms with E-state index in [0.29, 0.717) is 6.54 Å². The van der Waals surface area contributed by atoms with Crippen LogP contribution in [-0.2, 0) is 13.0 Å². The Labute approximate surface area is 117 Å². The molecule has 1 saturated carbocycles. The van der Waals surface area contributed by atoms with Crippen LogP contribution in [-0.4, -0.2) is 21.3 Å². The first-order valence-electron chi connectivity index (χ1n) is 7.01. The van der Waals surface area contributed by atoms with E-state index in [9.17, 15) is 4.79 Å². The van der Waals surface area contributed by atoms with Gasteiger partial charge in [-0.2, -0.15) is 5.10 Å². The number of aromatic nitrogens is 3. The Morgan fingerprint density at radius 2 is 2.25 bits per heavy atom. The molecule has 1 aliphatic carbocycles. The van der Waals surface area contributed by atoms with Crippen molar-refractivity contribution in [3.05, 3.63) is 52.7 Å². The molecular formula is C15H18N4O. The molecular weight excluding hydrogens is 252 g/mol. The summed E-state index contributed by atoms with van der Waals surface area (Å²) in [5.74, 6) is 0.781. The molecule has 5 heteroatoms. The largest absolute Gasteiger partial charge is 0.383 e. The fraction of sp³-hybridized carbons (Fsp3) is 0.400. The summed E-state index contributed by atoms with van der Waals surface area (Å²) in [6.45, 7) is 1.52. The molecule has 20 heavy (non-hydrogen) atoms. The molecule has 0 aliphatic heterocycles. The normalized spacial score (nSPS) is 14.2. The van der Waals surface area contributed by atoms with Gasteiger partial charge in [-0.05, 0) is 36.8 Å². The van der Waals surface area contributed by atoms with Crippen LogP contribution in [0, 0.1) is 5.92 Å². The summed E-state index contributed by atoms with van der Waals surface area (Å²) in [5.41, 5.74) is 1.87. The van der Waals surface area contributed by atoms with Gasteiger partial charge in [-0.3, -0.25) is 9.78 Å². The van der Waals surface area contributed by atoms with Crippen LogP contribution in [0.1, 0.15) is 18.4 Å². The molecule has 5 nitrogen and oxygen atoms in total. The number of rotatable bonds is 6. The molecule has 0 radical (unpaired) electrons. The van der Waals surface area contributed by atoms with Crippen LogP contribution in [0.2, 0.25) is 0 Å². The highest BCUT2D eigenvalue weighted by Gasteiger charge is 2.20. The molecule has 0 aromatic carbocycles. The number of nitrogens with one attached hydrogen (secondary N) is 1.